The lowest BCUT2D eigenvalue weighted by Gasteiger charge is -2.26. The quantitative estimate of drug-likeness (QED) is 0.777. The largest absolute Gasteiger partial charge is 0.497 e. The minimum absolute atomic E-state index is 0.101. The first kappa shape index (κ1) is 14.4. The normalized spacial score (nSPS) is 31.8. The molecule has 2 aliphatic rings. The minimum atomic E-state index is -0.155. The van der Waals surface area contributed by atoms with E-state index in [1.165, 1.54) is 11.1 Å². The summed E-state index contributed by atoms with van der Waals surface area (Å²) in [5.41, 5.74) is 2.40. The van der Waals surface area contributed by atoms with Crippen LogP contribution in [0.25, 0.3) is 0 Å². The van der Waals surface area contributed by atoms with Crippen LogP contribution in [0, 0.1) is 11.3 Å². The third-order valence-electron chi connectivity index (χ3n) is 5.40. The van der Waals surface area contributed by atoms with Crippen LogP contribution in [-0.2, 0) is 16.6 Å². The molecule has 0 heterocycles. The second kappa shape index (κ2) is 4.72. The van der Waals surface area contributed by atoms with Crippen molar-refractivity contribution in [1.29, 1.82) is 0 Å². The molecule has 0 spiro atoms. The summed E-state index contributed by atoms with van der Waals surface area (Å²) in [7, 11) is 1.70. The Balaban J connectivity index is 2.06. The van der Waals surface area contributed by atoms with Crippen LogP contribution in [0.2, 0.25) is 0 Å². The van der Waals surface area contributed by atoms with E-state index in [0.717, 1.165) is 25.0 Å². The summed E-state index contributed by atoms with van der Waals surface area (Å²) in [6.07, 6.45) is 7.08. The first-order chi connectivity index (χ1) is 9.87. The molecule has 2 atom stereocenters. The van der Waals surface area contributed by atoms with Crippen molar-refractivity contribution >= 4 is 5.78 Å². The molecule has 112 valence electrons. The summed E-state index contributed by atoms with van der Waals surface area (Å²) >= 11 is 0. The van der Waals surface area contributed by atoms with Crippen molar-refractivity contribution in [3.05, 3.63) is 41.5 Å². The fourth-order valence-electron chi connectivity index (χ4n) is 3.57. The number of ether oxygens (including phenoxy) is 1. The van der Waals surface area contributed by atoms with Gasteiger partial charge in [-0.3, -0.25) is 4.79 Å². The molecule has 2 heteroatoms. The molecule has 21 heavy (non-hydrogen) atoms. The number of ketones is 1. The van der Waals surface area contributed by atoms with Crippen LogP contribution < -0.4 is 4.74 Å². The van der Waals surface area contributed by atoms with E-state index in [0.29, 0.717) is 11.7 Å². The van der Waals surface area contributed by atoms with Gasteiger partial charge in [-0.1, -0.05) is 32.9 Å². The molecule has 1 aromatic carbocycles. The average molecular weight is 284 g/mol. The molecule has 0 aromatic heterocycles. The number of methoxy groups -OCH3 is 1. The molecular weight excluding hydrogens is 260 g/mol. The second-order valence-electron chi connectivity index (χ2n) is 7.30. The maximum absolute atomic E-state index is 12.4. The predicted octanol–water partition coefficient (Wildman–Crippen LogP) is 4.07. The molecule has 0 saturated heterocycles. The van der Waals surface area contributed by atoms with Gasteiger partial charge in [0.1, 0.15) is 5.75 Å². The van der Waals surface area contributed by atoms with E-state index in [-0.39, 0.29) is 10.8 Å². The Labute approximate surface area is 127 Å². The molecule has 0 N–H and O–H groups in total. The Morgan fingerprint density at radius 1 is 1.24 bits per heavy atom. The first-order valence-corrected chi connectivity index (χ1v) is 7.78. The molecule has 2 nitrogen and oxygen atoms in total. The van der Waals surface area contributed by atoms with Gasteiger partial charge >= 0.3 is 0 Å². The molecule has 3 rings (SSSR count). The van der Waals surface area contributed by atoms with Gasteiger partial charge in [0, 0.05) is 10.8 Å². The SMILES string of the molecule is COc1ccc2c(c1)C(C)(C)/C=C\C(=O)C1(C)C[C@@H]1CC2. The number of carbonyl (C=O) groups excluding carboxylic acids is 1. The highest BCUT2D eigenvalue weighted by atomic mass is 16.5. The Morgan fingerprint density at radius 3 is 2.71 bits per heavy atom. The monoisotopic (exact) mass is 284 g/mol. The molecule has 1 fully saturated rings. The Kier molecular flexibility index (Phi) is 3.23. The van der Waals surface area contributed by atoms with E-state index in [9.17, 15) is 4.79 Å². The van der Waals surface area contributed by atoms with Gasteiger partial charge in [-0.15, -0.1) is 0 Å². The number of rotatable bonds is 1. The number of benzene rings is 1. The zero-order chi connectivity index (χ0) is 15.3. The Bertz CT molecular complexity index is 612. The van der Waals surface area contributed by atoms with Crippen LogP contribution in [0.15, 0.2) is 30.4 Å². The summed E-state index contributed by atoms with van der Waals surface area (Å²) in [5.74, 6) is 1.73. The lowest BCUT2D eigenvalue weighted by atomic mass is 9.78. The van der Waals surface area contributed by atoms with E-state index in [1.807, 2.05) is 12.1 Å². The van der Waals surface area contributed by atoms with Crippen molar-refractivity contribution in [2.45, 2.75) is 45.4 Å². The van der Waals surface area contributed by atoms with Gasteiger partial charge in [0.25, 0.3) is 0 Å². The van der Waals surface area contributed by atoms with Gasteiger partial charge in [0.2, 0.25) is 0 Å². The number of allylic oxidation sites excluding steroid dienone is 2. The number of hydrogen-bond donors (Lipinski definition) is 0. The summed E-state index contributed by atoms with van der Waals surface area (Å²) in [5, 5.41) is 0. The van der Waals surface area contributed by atoms with Gasteiger partial charge in [-0.2, -0.15) is 0 Å². The van der Waals surface area contributed by atoms with E-state index in [2.05, 4.69) is 39.0 Å². The van der Waals surface area contributed by atoms with Gasteiger partial charge < -0.3 is 4.74 Å². The molecule has 0 bridgehead atoms. The molecule has 0 amide bonds. The zero-order valence-electron chi connectivity index (χ0n) is 13.4. The second-order valence-corrected chi connectivity index (χ2v) is 7.30. The fourth-order valence-corrected chi connectivity index (χ4v) is 3.57. The molecule has 0 radical (unpaired) electrons. The lowest BCUT2D eigenvalue weighted by molar-refractivity contribution is -0.119. The third-order valence-corrected chi connectivity index (χ3v) is 5.40. The summed E-state index contributed by atoms with van der Waals surface area (Å²) in [6.45, 7) is 6.46. The van der Waals surface area contributed by atoms with Crippen LogP contribution >= 0.6 is 0 Å². The van der Waals surface area contributed by atoms with Crippen molar-refractivity contribution in [3.8, 4) is 5.75 Å². The molecule has 2 aliphatic carbocycles. The van der Waals surface area contributed by atoms with Crippen LogP contribution in [-0.4, -0.2) is 12.9 Å². The summed E-state index contributed by atoms with van der Waals surface area (Å²) < 4.78 is 5.38. The van der Waals surface area contributed by atoms with Crippen LogP contribution in [0.4, 0.5) is 0 Å². The van der Waals surface area contributed by atoms with Gasteiger partial charge in [0.05, 0.1) is 7.11 Å². The van der Waals surface area contributed by atoms with Crippen molar-refractivity contribution in [1.82, 2.24) is 0 Å². The standard InChI is InChI=1S/C19H24O2/c1-18(2)10-9-17(20)19(3)12-14(19)7-5-13-6-8-15(21-4)11-16(13)18/h6,8-11,14H,5,7,12H2,1-4H3/b10-9-/t14-,19?/m0/s1. The summed E-state index contributed by atoms with van der Waals surface area (Å²) in [6, 6.07) is 6.35. The average Bonchev–Trinajstić information content (AvgIpc) is 3.14. The van der Waals surface area contributed by atoms with E-state index >= 15 is 0 Å². The highest BCUT2D eigenvalue weighted by Crippen LogP contribution is 2.56. The number of carbonyl (C=O) groups is 1. The fraction of sp³-hybridized carbons (Fsp3) is 0.526. The van der Waals surface area contributed by atoms with Crippen molar-refractivity contribution in [3.63, 3.8) is 0 Å². The molecule has 0 aliphatic heterocycles. The smallest absolute Gasteiger partial charge is 0.161 e. The maximum atomic E-state index is 12.4. The first-order valence-electron chi connectivity index (χ1n) is 7.78. The molecule has 1 aromatic rings. The van der Waals surface area contributed by atoms with Crippen molar-refractivity contribution in [2.24, 2.45) is 11.3 Å². The topological polar surface area (TPSA) is 26.3 Å². The predicted molar refractivity (Wildman–Crippen MR) is 84.7 cm³/mol. The van der Waals surface area contributed by atoms with Gasteiger partial charge in [0.15, 0.2) is 5.78 Å². The lowest BCUT2D eigenvalue weighted by Crippen LogP contribution is -2.20. The third kappa shape index (κ3) is 2.41. The van der Waals surface area contributed by atoms with Crippen LogP contribution in [0.1, 0.15) is 44.7 Å². The molecule has 1 unspecified atom stereocenters. The Hall–Kier alpha value is -1.57. The van der Waals surface area contributed by atoms with Crippen LogP contribution in [0.3, 0.4) is 0 Å². The number of hydrogen-bond acceptors (Lipinski definition) is 2. The molecular formula is C19H24O2. The van der Waals surface area contributed by atoms with E-state index in [4.69, 9.17) is 4.74 Å². The van der Waals surface area contributed by atoms with Gasteiger partial charge in [-0.25, -0.2) is 0 Å². The minimum Gasteiger partial charge on any atom is -0.497 e. The molecule has 1 saturated carbocycles. The van der Waals surface area contributed by atoms with E-state index in [1.54, 1.807) is 7.11 Å². The van der Waals surface area contributed by atoms with Crippen molar-refractivity contribution in [2.75, 3.05) is 7.11 Å². The number of aryl methyl sites for hydroxylation is 1. The highest BCUT2D eigenvalue weighted by molar-refractivity contribution is 5.97. The maximum Gasteiger partial charge on any atom is 0.161 e. The zero-order valence-corrected chi connectivity index (χ0v) is 13.4. The van der Waals surface area contributed by atoms with Crippen molar-refractivity contribution < 1.29 is 9.53 Å². The summed E-state index contributed by atoms with van der Waals surface area (Å²) in [4.78, 5) is 12.4. The number of fused-ring (bicyclic) bond motifs is 2. The Morgan fingerprint density at radius 2 is 2.00 bits per heavy atom. The highest BCUT2D eigenvalue weighted by Gasteiger charge is 2.54. The van der Waals surface area contributed by atoms with E-state index < -0.39 is 0 Å². The van der Waals surface area contributed by atoms with Crippen LogP contribution in [0.5, 0.6) is 5.75 Å². The van der Waals surface area contributed by atoms with Gasteiger partial charge in [-0.05, 0) is 54.5 Å².